The minimum Gasteiger partial charge on any atom is -0.357 e. The van der Waals surface area contributed by atoms with Gasteiger partial charge in [-0.3, -0.25) is 0 Å². The van der Waals surface area contributed by atoms with E-state index in [9.17, 15) is 0 Å². The molecule has 0 aromatic carbocycles. The molecule has 1 saturated carbocycles. The lowest BCUT2D eigenvalue weighted by atomic mass is 10.00. The van der Waals surface area contributed by atoms with Gasteiger partial charge in [0.15, 0.2) is 0 Å². The zero-order valence-electron chi connectivity index (χ0n) is 9.87. The first-order valence-electron chi connectivity index (χ1n) is 6.10. The molecule has 0 bridgehead atoms. The monoisotopic (exact) mass is 206 g/mol. The van der Waals surface area contributed by atoms with Gasteiger partial charge in [-0.2, -0.15) is 0 Å². The van der Waals surface area contributed by atoms with Crippen LogP contribution in [0.3, 0.4) is 0 Å². The quantitative estimate of drug-likeness (QED) is 0.801. The number of nitrogens with zero attached hydrogens (tertiary/aromatic N) is 1. The summed E-state index contributed by atoms with van der Waals surface area (Å²) in [6, 6.07) is 2.86. The predicted molar refractivity (Wildman–Crippen MR) is 63.7 cm³/mol. The van der Waals surface area contributed by atoms with E-state index in [-0.39, 0.29) is 0 Å². The van der Waals surface area contributed by atoms with Crippen molar-refractivity contribution in [2.45, 2.75) is 45.2 Å². The maximum atomic E-state index is 3.64. The highest BCUT2D eigenvalue weighted by Gasteiger charge is 2.20. The molecular formula is C13H22N2. The molecule has 0 spiro atoms. The zero-order valence-corrected chi connectivity index (χ0v) is 9.87. The van der Waals surface area contributed by atoms with E-state index < -0.39 is 0 Å². The third kappa shape index (κ3) is 2.85. The first kappa shape index (κ1) is 10.7. The van der Waals surface area contributed by atoms with Gasteiger partial charge in [0.2, 0.25) is 0 Å². The van der Waals surface area contributed by atoms with E-state index >= 15 is 0 Å². The van der Waals surface area contributed by atoms with Gasteiger partial charge < -0.3 is 9.88 Å². The molecule has 0 aliphatic heterocycles. The van der Waals surface area contributed by atoms with Gasteiger partial charge in [-0.15, -0.1) is 0 Å². The zero-order chi connectivity index (χ0) is 10.7. The Morgan fingerprint density at radius 1 is 1.47 bits per heavy atom. The van der Waals surface area contributed by atoms with Gasteiger partial charge in [0.1, 0.15) is 0 Å². The summed E-state index contributed by atoms with van der Waals surface area (Å²) in [5.74, 6) is 0.911. The van der Waals surface area contributed by atoms with E-state index in [1.54, 1.807) is 0 Å². The van der Waals surface area contributed by atoms with Crippen LogP contribution in [-0.4, -0.2) is 10.6 Å². The van der Waals surface area contributed by atoms with Crippen LogP contribution in [-0.2, 0) is 13.6 Å². The molecular weight excluding hydrogens is 184 g/mol. The van der Waals surface area contributed by atoms with Crippen LogP contribution in [0.2, 0.25) is 0 Å². The van der Waals surface area contributed by atoms with Crippen molar-refractivity contribution in [3.05, 3.63) is 24.0 Å². The number of aromatic nitrogens is 1. The van der Waals surface area contributed by atoms with Gasteiger partial charge in [-0.1, -0.05) is 12.8 Å². The Kier molecular flexibility index (Phi) is 3.47. The Morgan fingerprint density at radius 3 is 2.80 bits per heavy atom. The summed E-state index contributed by atoms with van der Waals surface area (Å²) in [7, 11) is 2.07. The summed E-state index contributed by atoms with van der Waals surface area (Å²) in [6.45, 7) is 3.34. The van der Waals surface area contributed by atoms with Crippen molar-refractivity contribution in [2.75, 3.05) is 0 Å². The fourth-order valence-corrected chi connectivity index (χ4v) is 2.57. The number of hydrogen-bond donors (Lipinski definition) is 1. The van der Waals surface area contributed by atoms with Crippen molar-refractivity contribution < 1.29 is 0 Å². The van der Waals surface area contributed by atoms with E-state index in [2.05, 4.69) is 42.3 Å². The third-order valence-corrected chi connectivity index (χ3v) is 3.63. The molecule has 1 aliphatic rings. The maximum absolute atomic E-state index is 3.64. The second-order valence-corrected chi connectivity index (χ2v) is 4.90. The van der Waals surface area contributed by atoms with Crippen molar-refractivity contribution in [1.82, 2.24) is 9.88 Å². The molecule has 1 atom stereocenters. The molecule has 1 heterocycles. The topological polar surface area (TPSA) is 17.0 Å². The van der Waals surface area contributed by atoms with E-state index in [0.717, 1.165) is 12.5 Å². The summed E-state index contributed by atoms with van der Waals surface area (Å²) < 4.78 is 2.11. The van der Waals surface area contributed by atoms with E-state index in [1.165, 1.54) is 31.2 Å². The average Bonchev–Trinajstić information content (AvgIpc) is 2.84. The van der Waals surface area contributed by atoms with Crippen molar-refractivity contribution >= 4 is 0 Å². The van der Waals surface area contributed by atoms with Gasteiger partial charge in [0.25, 0.3) is 0 Å². The number of rotatable bonds is 4. The van der Waals surface area contributed by atoms with Gasteiger partial charge in [-0.25, -0.2) is 0 Å². The SMILES string of the molecule is CC(NCc1ccn(C)c1)C1CCCC1. The van der Waals surface area contributed by atoms with Crippen LogP contribution in [0.1, 0.15) is 38.2 Å². The summed E-state index contributed by atoms with van der Waals surface area (Å²) in [5.41, 5.74) is 1.39. The Labute approximate surface area is 92.7 Å². The normalized spacial score (nSPS) is 19.6. The smallest absolute Gasteiger partial charge is 0.0223 e. The summed E-state index contributed by atoms with van der Waals surface area (Å²) in [6.07, 6.45) is 10.0. The van der Waals surface area contributed by atoms with Gasteiger partial charge >= 0.3 is 0 Å². The first-order valence-corrected chi connectivity index (χ1v) is 6.10. The van der Waals surface area contributed by atoms with Gasteiger partial charge in [-0.05, 0) is 37.3 Å². The van der Waals surface area contributed by atoms with Crippen molar-refractivity contribution in [3.63, 3.8) is 0 Å². The fourth-order valence-electron chi connectivity index (χ4n) is 2.57. The van der Waals surface area contributed by atoms with Crippen molar-refractivity contribution in [3.8, 4) is 0 Å². The summed E-state index contributed by atoms with van der Waals surface area (Å²) in [5, 5.41) is 3.64. The molecule has 1 N–H and O–H groups in total. The van der Waals surface area contributed by atoms with Crippen molar-refractivity contribution in [2.24, 2.45) is 13.0 Å². The van der Waals surface area contributed by atoms with Crippen LogP contribution in [0.4, 0.5) is 0 Å². The highest BCUT2D eigenvalue weighted by atomic mass is 14.9. The van der Waals surface area contributed by atoms with Crippen LogP contribution in [0, 0.1) is 5.92 Å². The second-order valence-electron chi connectivity index (χ2n) is 4.90. The van der Waals surface area contributed by atoms with Crippen molar-refractivity contribution in [1.29, 1.82) is 0 Å². The van der Waals surface area contributed by atoms with Gasteiger partial charge in [0.05, 0.1) is 0 Å². The molecule has 84 valence electrons. The van der Waals surface area contributed by atoms with Crippen LogP contribution < -0.4 is 5.32 Å². The Morgan fingerprint density at radius 2 is 2.20 bits per heavy atom. The Bertz CT molecular complexity index is 297. The molecule has 2 heteroatoms. The first-order chi connectivity index (χ1) is 7.25. The summed E-state index contributed by atoms with van der Waals surface area (Å²) >= 11 is 0. The van der Waals surface area contributed by atoms with Crippen LogP contribution in [0.15, 0.2) is 18.5 Å². The van der Waals surface area contributed by atoms with Gasteiger partial charge in [0, 0.05) is 32.0 Å². The molecule has 0 amide bonds. The highest BCUT2D eigenvalue weighted by Crippen LogP contribution is 2.27. The van der Waals surface area contributed by atoms with Crippen LogP contribution in [0.25, 0.3) is 0 Å². The van der Waals surface area contributed by atoms with Crippen LogP contribution in [0.5, 0.6) is 0 Å². The largest absolute Gasteiger partial charge is 0.357 e. The Hall–Kier alpha value is -0.760. The molecule has 1 fully saturated rings. The highest BCUT2D eigenvalue weighted by molar-refractivity contribution is 5.09. The third-order valence-electron chi connectivity index (χ3n) is 3.63. The number of aryl methyl sites for hydroxylation is 1. The minimum atomic E-state index is 0.674. The van der Waals surface area contributed by atoms with E-state index in [1.807, 2.05) is 0 Å². The number of nitrogens with one attached hydrogen (secondary N) is 1. The fraction of sp³-hybridized carbons (Fsp3) is 0.692. The molecule has 0 radical (unpaired) electrons. The minimum absolute atomic E-state index is 0.674. The summed E-state index contributed by atoms with van der Waals surface area (Å²) in [4.78, 5) is 0. The number of hydrogen-bond acceptors (Lipinski definition) is 1. The van der Waals surface area contributed by atoms with E-state index in [0.29, 0.717) is 6.04 Å². The molecule has 2 rings (SSSR count). The predicted octanol–water partition coefficient (Wildman–Crippen LogP) is 2.69. The molecule has 1 unspecified atom stereocenters. The van der Waals surface area contributed by atoms with Crippen LogP contribution >= 0.6 is 0 Å². The average molecular weight is 206 g/mol. The van der Waals surface area contributed by atoms with E-state index in [4.69, 9.17) is 0 Å². The molecule has 1 aliphatic carbocycles. The standard InChI is InChI=1S/C13H22N2/c1-11(13-5-3-4-6-13)14-9-12-7-8-15(2)10-12/h7-8,10-11,13-14H,3-6,9H2,1-2H3. The lowest BCUT2D eigenvalue weighted by Gasteiger charge is -2.19. The lowest BCUT2D eigenvalue weighted by molar-refractivity contribution is 0.380. The molecule has 0 saturated heterocycles. The molecule has 15 heavy (non-hydrogen) atoms. The Balaban J connectivity index is 1.77. The second kappa shape index (κ2) is 4.84. The molecule has 1 aromatic rings. The molecule has 1 aromatic heterocycles. The maximum Gasteiger partial charge on any atom is 0.0223 e. The lowest BCUT2D eigenvalue weighted by Crippen LogP contribution is -2.31. The molecule has 2 nitrogen and oxygen atoms in total.